The minimum absolute atomic E-state index is 0.474. The molecule has 0 heterocycles. The number of hydrogen-bond donors (Lipinski definition) is 0. The average Bonchev–Trinajstić information content (AvgIpc) is 1.95. The van der Waals surface area contributed by atoms with E-state index in [4.69, 9.17) is 1.37 Å². The van der Waals surface area contributed by atoms with Crippen molar-refractivity contribution in [2.75, 3.05) is 0 Å². The number of hydrogen-bond acceptors (Lipinski definition) is 0. The Balaban J connectivity index is 2.69. The largest absolute Gasteiger partial charge is 0.0613 e. The fourth-order valence-electron chi connectivity index (χ4n) is 0.651. The van der Waals surface area contributed by atoms with Crippen LogP contribution in [0.5, 0.6) is 0 Å². The van der Waals surface area contributed by atoms with E-state index < -0.39 is 0 Å². The van der Waals surface area contributed by atoms with Crippen LogP contribution in [0.1, 0.15) is 13.8 Å². The van der Waals surface area contributed by atoms with Gasteiger partial charge in [0.2, 0.25) is 0 Å². The zero-order valence-electron chi connectivity index (χ0n) is 6.10. The van der Waals surface area contributed by atoms with Gasteiger partial charge in [-0.05, 0) is 24.1 Å². The standard InChI is InChI=1S/C8H9Br/c1-2-7-3-5-8(9)6-4-7/h3-6H,2H2,1H3/i1D. The van der Waals surface area contributed by atoms with Crippen LogP contribution in [-0.2, 0) is 6.42 Å². The van der Waals surface area contributed by atoms with Gasteiger partial charge in [0, 0.05) is 5.84 Å². The zero-order valence-corrected chi connectivity index (χ0v) is 6.69. The predicted octanol–water partition coefficient (Wildman–Crippen LogP) is 3.01. The Hall–Kier alpha value is -0.300. The Labute approximate surface area is 65.4 Å². The maximum absolute atomic E-state index is 6.98. The van der Waals surface area contributed by atoms with Crippen LogP contribution in [0.3, 0.4) is 0 Å². The van der Waals surface area contributed by atoms with Crippen molar-refractivity contribution >= 4 is 15.9 Å². The second kappa shape index (κ2) is 3.02. The van der Waals surface area contributed by atoms with Crippen molar-refractivity contribution < 1.29 is 1.37 Å². The summed E-state index contributed by atoms with van der Waals surface area (Å²) in [6.45, 7) is 0.474. The van der Waals surface area contributed by atoms with Crippen molar-refractivity contribution in [1.29, 1.82) is 0 Å². The first-order chi connectivity index (χ1) is 4.83. The molecule has 0 saturated heterocycles. The topological polar surface area (TPSA) is 0 Å². The van der Waals surface area contributed by atoms with E-state index in [0.717, 1.165) is 10.9 Å². The molecule has 0 aromatic heterocycles. The number of halogens is 1. The summed E-state index contributed by atoms with van der Waals surface area (Å²) >= 11 is 3.35. The molecule has 0 aliphatic heterocycles. The third-order valence-electron chi connectivity index (χ3n) is 1.20. The fraction of sp³-hybridized carbons (Fsp3) is 0.250. The van der Waals surface area contributed by atoms with Crippen LogP contribution >= 0.6 is 15.9 Å². The highest BCUT2D eigenvalue weighted by molar-refractivity contribution is 9.10. The summed E-state index contributed by atoms with van der Waals surface area (Å²) in [4.78, 5) is 0. The number of benzene rings is 1. The molecule has 0 amide bonds. The summed E-state index contributed by atoms with van der Waals surface area (Å²) in [5.74, 6) is 0. The highest BCUT2D eigenvalue weighted by atomic mass is 79.9. The van der Waals surface area contributed by atoms with E-state index in [0.29, 0.717) is 6.90 Å². The molecule has 0 saturated carbocycles. The lowest BCUT2D eigenvalue weighted by Gasteiger charge is -1.93. The van der Waals surface area contributed by atoms with Crippen LogP contribution in [0.15, 0.2) is 28.7 Å². The van der Waals surface area contributed by atoms with Gasteiger partial charge in [-0.25, -0.2) is 0 Å². The molecule has 0 nitrogen and oxygen atoms in total. The van der Waals surface area contributed by atoms with Crippen LogP contribution in [0, 0.1) is 0 Å². The van der Waals surface area contributed by atoms with Crippen LogP contribution in [-0.4, -0.2) is 0 Å². The second-order valence-electron chi connectivity index (χ2n) is 1.88. The monoisotopic (exact) mass is 185 g/mol. The molecular weight excluding hydrogens is 176 g/mol. The molecule has 0 atom stereocenters. The van der Waals surface area contributed by atoms with Crippen LogP contribution in [0.4, 0.5) is 0 Å². The average molecular weight is 186 g/mol. The van der Waals surface area contributed by atoms with Crippen molar-refractivity contribution in [1.82, 2.24) is 0 Å². The van der Waals surface area contributed by atoms with Crippen LogP contribution in [0.25, 0.3) is 0 Å². The minimum Gasteiger partial charge on any atom is -0.0613 e. The molecule has 0 spiro atoms. The lowest BCUT2D eigenvalue weighted by Crippen LogP contribution is -1.75. The molecule has 0 aliphatic carbocycles. The van der Waals surface area contributed by atoms with E-state index in [1.807, 2.05) is 24.3 Å². The second-order valence-corrected chi connectivity index (χ2v) is 2.79. The first kappa shape index (κ1) is 5.48. The SMILES string of the molecule is [2H]CCc1ccc(Br)cc1. The lowest BCUT2D eigenvalue weighted by atomic mass is 10.2. The van der Waals surface area contributed by atoms with Crippen molar-refractivity contribution in [2.45, 2.75) is 13.3 Å². The molecule has 0 unspecified atom stereocenters. The quantitative estimate of drug-likeness (QED) is 0.632. The van der Waals surface area contributed by atoms with Gasteiger partial charge < -0.3 is 0 Å². The van der Waals surface area contributed by atoms with E-state index in [9.17, 15) is 0 Å². The molecule has 1 heteroatoms. The molecule has 0 N–H and O–H groups in total. The van der Waals surface area contributed by atoms with Gasteiger partial charge in [-0.3, -0.25) is 0 Å². The summed E-state index contributed by atoms with van der Waals surface area (Å²) < 4.78 is 8.08. The summed E-state index contributed by atoms with van der Waals surface area (Å²) in [6, 6.07) is 8.09. The van der Waals surface area contributed by atoms with Gasteiger partial charge >= 0.3 is 0 Å². The molecule has 0 radical (unpaired) electrons. The molecule has 9 heavy (non-hydrogen) atoms. The first-order valence-electron chi connectivity index (χ1n) is 3.57. The molecule has 48 valence electrons. The minimum atomic E-state index is 0.474. The van der Waals surface area contributed by atoms with Crippen molar-refractivity contribution in [3.8, 4) is 0 Å². The number of aryl methyl sites for hydroxylation is 1. The van der Waals surface area contributed by atoms with E-state index >= 15 is 0 Å². The Kier molecular flexibility index (Phi) is 1.84. The Morgan fingerprint density at radius 1 is 1.44 bits per heavy atom. The highest BCUT2D eigenvalue weighted by Gasteiger charge is 1.86. The third-order valence-corrected chi connectivity index (χ3v) is 1.73. The third kappa shape index (κ3) is 1.83. The highest BCUT2D eigenvalue weighted by Crippen LogP contribution is 2.10. The Bertz CT molecular complexity index is 193. The lowest BCUT2D eigenvalue weighted by molar-refractivity contribution is 1.14. The Morgan fingerprint density at radius 2 is 2.11 bits per heavy atom. The van der Waals surface area contributed by atoms with Gasteiger partial charge in [-0.1, -0.05) is 35.0 Å². The van der Waals surface area contributed by atoms with Gasteiger partial charge in [0.05, 0.1) is 0 Å². The summed E-state index contributed by atoms with van der Waals surface area (Å²) in [5, 5.41) is 0. The fourth-order valence-corrected chi connectivity index (χ4v) is 0.915. The van der Waals surface area contributed by atoms with E-state index in [2.05, 4.69) is 15.9 Å². The predicted molar refractivity (Wildman–Crippen MR) is 43.5 cm³/mol. The van der Waals surface area contributed by atoms with Crippen LogP contribution < -0.4 is 0 Å². The molecule has 1 aromatic rings. The molecule has 0 aliphatic rings. The van der Waals surface area contributed by atoms with Gasteiger partial charge in [0.25, 0.3) is 0 Å². The van der Waals surface area contributed by atoms with E-state index in [1.165, 1.54) is 5.56 Å². The van der Waals surface area contributed by atoms with E-state index in [1.54, 1.807) is 0 Å². The summed E-state index contributed by atoms with van der Waals surface area (Å²) in [6.07, 6.45) is 0.854. The van der Waals surface area contributed by atoms with E-state index in [-0.39, 0.29) is 0 Å². The molecular formula is C8H9Br. The zero-order chi connectivity index (χ0) is 7.40. The van der Waals surface area contributed by atoms with Crippen LogP contribution in [0.2, 0.25) is 0 Å². The van der Waals surface area contributed by atoms with Crippen molar-refractivity contribution in [3.63, 3.8) is 0 Å². The molecule has 1 aromatic carbocycles. The molecule has 1 rings (SSSR count). The van der Waals surface area contributed by atoms with Crippen molar-refractivity contribution in [3.05, 3.63) is 34.3 Å². The van der Waals surface area contributed by atoms with Gasteiger partial charge in [-0.15, -0.1) is 0 Å². The molecule has 0 fully saturated rings. The maximum atomic E-state index is 6.98. The Morgan fingerprint density at radius 3 is 2.67 bits per heavy atom. The van der Waals surface area contributed by atoms with Gasteiger partial charge in [0.1, 0.15) is 0 Å². The van der Waals surface area contributed by atoms with Crippen molar-refractivity contribution in [2.24, 2.45) is 0 Å². The molecule has 0 bridgehead atoms. The summed E-state index contributed by atoms with van der Waals surface area (Å²) in [5.41, 5.74) is 1.23. The normalized spacial score (nSPS) is 11.0. The number of rotatable bonds is 1. The van der Waals surface area contributed by atoms with Gasteiger partial charge in [0.15, 0.2) is 0 Å². The smallest absolute Gasteiger partial charge is 0.0234 e. The van der Waals surface area contributed by atoms with Gasteiger partial charge in [-0.2, -0.15) is 0 Å². The maximum Gasteiger partial charge on any atom is 0.0234 e. The first-order valence-corrected chi connectivity index (χ1v) is 3.66. The summed E-state index contributed by atoms with van der Waals surface area (Å²) in [7, 11) is 0.